The molecule has 7 heteroatoms. The maximum atomic E-state index is 12.1. The lowest BCUT2D eigenvalue weighted by Gasteiger charge is -2.21. The van der Waals surface area contributed by atoms with Crippen molar-refractivity contribution in [1.82, 2.24) is 0 Å². The molecule has 2 heterocycles. The van der Waals surface area contributed by atoms with Crippen molar-refractivity contribution in [3.8, 4) is 0 Å². The molecule has 4 nitrogen and oxygen atoms in total. The molecule has 0 amide bonds. The Morgan fingerprint density at radius 2 is 1.41 bits per heavy atom. The highest BCUT2D eigenvalue weighted by Gasteiger charge is 2.40. The van der Waals surface area contributed by atoms with E-state index in [4.69, 9.17) is 0 Å². The molecule has 0 spiro atoms. The molecular weight excluding hydrogens is 279 g/mol. The Hall–Kier alpha value is -0.490. The fourth-order valence-electron chi connectivity index (χ4n) is 1.37. The van der Waals surface area contributed by atoms with Gasteiger partial charge in [-0.05, 0) is 22.9 Å². The number of hydrogen-bond acceptors (Lipinski definition) is 5. The zero-order chi connectivity index (χ0) is 12.5. The van der Waals surface area contributed by atoms with Crippen molar-refractivity contribution < 1.29 is 19.7 Å². The lowest BCUT2D eigenvalue weighted by Crippen LogP contribution is -2.05. The van der Waals surface area contributed by atoms with Crippen molar-refractivity contribution >= 4 is 30.0 Å². The van der Waals surface area contributed by atoms with E-state index in [1.54, 1.807) is 35.0 Å². The van der Waals surface area contributed by atoms with Crippen molar-refractivity contribution in [3.05, 3.63) is 44.8 Å². The van der Waals surface area contributed by atoms with Gasteiger partial charge in [0.1, 0.15) is 0 Å². The molecule has 17 heavy (non-hydrogen) atoms. The Kier molecular flexibility index (Phi) is 3.82. The Morgan fingerprint density at radius 1 is 1.00 bits per heavy atom. The number of rotatable bonds is 4. The minimum absolute atomic E-state index is 0.381. The summed E-state index contributed by atoms with van der Waals surface area (Å²) >= 11 is 2.37. The van der Waals surface area contributed by atoms with E-state index in [1.807, 2.05) is 0 Å². The van der Waals surface area contributed by atoms with Gasteiger partial charge in [0, 0.05) is 9.75 Å². The molecule has 2 aromatic rings. The summed E-state index contributed by atoms with van der Waals surface area (Å²) in [6.45, 7) is 0. The molecule has 2 aromatic heterocycles. The van der Waals surface area contributed by atoms with E-state index in [1.165, 1.54) is 22.7 Å². The first-order valence-electron chi connectivity index (χ1n) is 4.78. The van der Waals surface area contributed by atoms with E-state index in [0.717, 1.165) is 0 Å². The highest BCUT2D eigenvalue weighted by Crippen LogP contribution is 2.64. The summed E-state index contributed by atoms with van der Waals surface area (Å²) in [7, 11) is -4.12. The number of aliphatic hydroxyl groups is 2. The summed E-state index contributed by atoms with van der Waals surface area (Å²) in [6.07, 6.45) is 0. The van der Waals surface area contributed by atoms with E-state index in [0.29, 0.717) is 9.75 Å². The summed E-state index contributed by atoms with van der Waals surface area (Å²) in [5.74, 6) is -3.08. The summed E-state index contributed by atoms with van der Waals surface area (Å²) in [4.78, 5) is 10.6. The van der Waals surface area contributed by atoms with Gasteiger partial charge in [-0.3, -0.25) is 4.57 Å². The predicted molar refractivity (Wildman–Crippen MR) is 68.4 cm³/mol. The molecule has 0 aliphatic heterocycles. The first kappa shape index (κ1) is 13.0. The number of hydrogen-bond donors (Lipinski definition) is 3. The molecule has 0 aromatic carbocycles. The van der Waals surface area contributed by atoms with E-state index in [2.05, 4.69) is 0 Å². The van der Waals surface area contributed by atoms with Crippen molar-refractivity contribution in [2.24, 2.45) is 0 Å². The van der Waals surface area contributed by atoms with Gasteiger partial charge in [0.05, 0.1) is 0 Å². The zero-order valence-electron chi connectivity index (χ0n) is 8.63. The maximum Gasteiger partial charge on any atom is 0.266 e. The average Bonchev–Trinajstić information content (AvgIpc) is 2.99. The standard InChI is InChI=1S/C10H11O4PS2/c11-9(7-3-1-5-16-7)15(13,14)10(12)8-4-2-6-17-8/h1-6,9-12H,(H,13,14). The van der Waals surface area contributed by atoms with Crippen LogP contribution >= 0.6 is 30.0 Å². The van der Waals surface area contributed by atoms with Crippen LogP contribution in [-0.4, -0.2) is 15.1 Å². The zero-order valence-corrected chi connectivity index (χ0v) is 11.2. The van der Waals surface area contributed by atoms with E-state index in [-0.39, 0.29) is 0 Å². The van der Waals surface area contributed by atoms with Gasteiger partial charge in [-0.25, -0.2) is 0 Å². The van der Waals surface area contributed by atoms with Crippen LogP contribution in [0.15, 0.2) is 35.0 Å². The van der Waals surface area contributed by atoms with Crippen LogP contribution in [-0.2, 0) is 4.57 Å². The summed E-state index contributed by atoms with van der Waals surface area (Å²) in [6, 6.07) is 6.50. The number of aliphatic hydroxyl groups excluding tert-OH is 2. The van der Waals surface area contributed by atoms with E-state index >= 15 is 0 Å². The van der Waals surface area contributed by atoms with E-state index < -0.39 is 19.1 Å². The average molecular weight is 290 g/mol. The van der Waals surface area contributed by atoms with Crippen molar-refractivity contribution in [3.63, 3.8) is 0 Å². The molecule has 0 saturated carbocycles. The van der Waals surface area contributed by atoms with Gasteiger partial charge >= 0.3 is 0 Å². The Morgan fingerprint density at radius 3 is 1.71 bits per heavy atom. The molecule has 0 radical (unpaired) electrons. The second-order valence-corrected chi connectivity index (χ2v) is 7.73. The van der Waals surface area contributed by atoms with Crippen LogP contribution in [0, 0.1) is 0 Å². The van der Waals surface area contributed by atoms with Gasteiger partial charge in [-0.2, -0.15) is 0 Å². The largest absolute Gasteiger partial charge is 0.377 e. The predicted octanol–water partition coefficient (Wildman–Crippen LogP) is 2.76. The molecule has 3 N–H and O–H groups in total. The fourth-order valence-corrected chi connectivity index (χ4v) is 5.00. The molecule has 92 valence electrons. The van der Waals surface area contributed by atoms with Gasteiger partial charge in [0.15, 0.2) is 11.7 Å². The highest BCUT2D eigenvalue weighted by atomic mass is 32.1. The fraction of sp³-hybridized carbons (Fsp3) is 0.200. The first-order chi connectivity index (χ1) is 8.03. The lowest BCUT2D eigenvalue weighted by molar-refractivity contribution is 0.190. The van der Waals surface area contributed by atoms with Crippen molar-refractivity contribution in [1.29, 1.82) is 0 Å². The first-order valence-corrected chi connectivity index (χ1v) is 8.34. The quantitative estimate of drug-likeness (QED) is 0.757. The second-order valence-electron chi connectivity index (χ2n) is 3.45. The van der Waals surface area contributed by atoms with Gasteiger partial charge in [-0.1, -0.05) is 12.1 Å². The molecule has 0 aliphatic carbocycles. The van der Waals surface area contributed by atoms with Crippen molar-refractivity contribution in [2.75, 3.05) is 0 Å². The topological polar surface area (TPSA) is 77.8 Å². The van der Waals surface area contributed by atoms with Crippen molar-refractivity contribution in [2.45, 2.75) is 11.7 Å². The second kappa shape index (κ2) is 5.02. The van der Waals surface area contributed by atoms with E-state index in [9.17, 15) is 19.7 Å². The van der Waals surface area contributed by atoms with Gasteiger partial charge < -0.3 is 15.1 Å². The van der Waals surface area contributed by atoms with Gasteiger partial charge in [0.2, 0.25) is 0 Å². The SMILES string of the molecule is O=P(O)(C(O)c1cccs1)C(O)c1cccs1. The summed E-state index contributed by atoms with van der Waals surface area (Å²) in [5, 5.41) is 23.1. The molecule has 0 fully saturated rings. The minimum Gasteiger partial charge on any atom is -0.377 e. The monoisotopic (exact) mass is 290 g/mol. The van der Waals surface area contributed by atoms with Crippen LogP contribution in [0.1, 0.15) is 21.4 Å². The number of thiophene rings is 2. The van der Waals surface area contributed by atoms with Crippen LogP contribution in [0.2, 0.25) is 0 Å². The maximum absolute atomic E-state index is 12.1. The summed E-state index contributed by atoms with van der Waals surface area (Å²) < 4.78 is 12.1. The highest BCUT2D eigenvalue weighted by molar-refractivity contribution is 7.58. The lowest BCUT2D eigenvalue weighted by atomic mass is 10.5. The third-order valence-corrected chi connectivity index (χ3v) is 6.45. The van der Waals surface area contributed by atoms with Gasteiger partial charge in [-0.15, -0.1) is 22.7 Å². The minimum atomic E-state index is -4.12. The third-order valence-electron chi connectivity index (χ3n) is 2.30. The van der Waals surface area contributed by atoms with Crippen LogP contribution in [0.4, 0.5) is 0 Å². The molecule has 0 aliphatic rings. The van der Waals surface area contributed by atoms with Gasteiger partial charge in [0.25, 0.3) is 7.37 Å². The van der Waals surface area contributed by atoms with Crippen LogP contribution in [0.25, 0.3) is 0 Å². The smallest absolute Gasteiger partial charge is 0.266 e. The molecule has 2 rings (SSSR count). The molecule has 2 atom stereocenters. The molecule has 2 unspecified atom stereocenters. The normalized spacial score (nSPS) is 18.5. The molecule has 0 saturated heterocycles. The Labute approximate surface area is 106 Å². The summed E-state index contributed by atoms with van der Waals surface area (Å²) in [5.41, 5.74) is 0. The third kappa shape index (κ3) is 2.52. The van der Waals surface area contributed by atoms with Crippen LogP contribution in [0.5, 0.6) is 0 Å². The molecular formula is C10H11O4PS2. The Balaban J connectivity index is 2.27. The molecule has 0 bridgehead atoms. The van der Waals surface area contributed by atoms with Crippen LogP contribution in [0.3, 0.4) is 0 Å². The Bertz CT molecular complexity index is 464. The van der Waals surface area contributed by atoms with Crippen LogP contribution < -0.4 is 0 Å².